The summed E-state index contributed by atoms with van der Waals surface area (Å²) in [5, 5.41) is 10.9. The Balaban J connectivity index is 1.23. The van der Waals surface area contributed by atoms with Crippen LogP contribution in [0.1, 0.15) is 51.9 Å². The fourth-order valence-corrected chi connectivity index (χ4v) is 8.64. The highest BCUT2D eigenvalue weighted by molar-refractivity contribution is 5.82. The predicted octanol–water partition coefficient (Wildman–Crippen LogP) is 3.63. The van der Waals surface area contributed by atoms with E-state index >= 15 is 0 Å². The molecule has 5 nitrogen and oxygen atoms in total. The number of allylic oxidation sites excluding steroid dienone is 1. The molecule has 0 saturated heterocycles. The Kier molecular flexibility index (Phi) is 4.18. The molecule has 0 bridgehead atoms. The number of nitrogens with zero attached hydrogens (tertiary/aromatic N) is 2. The van der Waals surface area contributed by atoms with Crippen LogP contribution in [0.15, 0.2) is 30.4 Å². The van der Waals surface area contributed by atoms with Crippen LogP contribution in [0.4, 0.5) is 0 Å². The molecule has 0 aliphatic heterocycles. The molecule has 1 N–H and O–H groups in total. The van der Waals surface area contributed by atoms with Crippen LogP contribution in [-0.4, -0.2) is 39.3 Å². The quantitative estimate of drug-likeness (QED) is 0.770. The zero-order valence-electron chi connectivity index (χ0n) is 18.2. The van der Waals surface area contributed by atoms with Crippen molar-refractivity contribution in [1.29, 1.82) is 0 Å². The molecule has 5 aliphatic rings. The summed E-state index contributed by atoms with van der Waals surface area (Å²) in [5.41, 5.74) is 1.06. The topological polar surface area (TPSA) is 64.4 Å². The van der Waals surface area contributed by atoms with Gasteiger partial charge in [0.05, 0.1) is 19.0 Å². The van der Waals surface area contributed by atoms with Gasteiger partial charge >= 0.3 is 0 Å². The molecule has 5 aliphatic carbocycles. The third-order valence-electron chi connectivity index (χ3n) is 10.0. The average molecular weight is 411 g/mol. The Morgan fingerprint density at radius 2 is 2.13 bits per heavy atom. The van der Waals surface area contributed by atoms with E-state index < -0.39 is 5.60 Å². The van der Waals surface area contributed by atoms with Gasteiger partial charge in [-0.1, -0.05) is 18.6 Å². The molecule has 2 unspecified atom stereocenters. The van der Waals surface area contributed by atoms with Crippen molar-refractivity contribution in [2.45, 2.75) is 70.1 Å². The minimum Gasteiger partial charge on any atom is -0.386 e. The summed E-state index contributed by atoms with van der Waals surface area (Å²) in [6, 6.07) is 0. The van der Waals surface area contributed by atoms with Crippen molar-refractivity contribution in [3.63, 3.8) is 0 Å². The second-order valence-electron chi connectivity index (χ2n) is 11.0. The first-order chi connectivity index (χ1) is 14.5. The van der Waals surface area contributed by atoms with Crippen LogP contribution in [0.3, 0.4) is 0 Å². The first-order valence-corrected chi connectivity index (χ1v) is 11.9. The van der Waals surface area contributed by atoms with Gasteiger partial charge in [0.15, 0.2) is 5.78 Å². The lowest BCUT2D eigenvalue weighted by molar-refractivity contribution is -0.129. The Morgan fingerprint density at radius 3 is 2.90 bits per heavy atom. The van der Waals surface area contributed by atoms with E-state index in [1.54, 1.807) is 19.6 Å². The van der Waals surface area contributed by atoms with E-state index in [1.807, 2.05) is 10.8 Å². The number of ether oxygens (including phenoxy) is 1. The molecule has 9 atom stereocenters. The maximum absolute atomic E-state index is 13.2. The van der Waals surface area contributed by atoms with Crippen LogP contribution < -0.4 is 0 Å². The lowest BCUT2D eigenvalue weighted by Crippen LogP contribution is -2.47. The van der Waals surface area contributed by atoms with Crippen molar-refractivity contribution in [3.05, 3.63) is 30.4 Å². The summed E-state index contributed by atoms with van der Waals surface area (Å²) >= 11 is 0. The second-order valence-corrected chi connectivity index (χ2v) is 11.0. The molecule has 0 radical (unpaired) electrons. The van der Waals surface area contributed by atoms with E-state index in [2.05, 4.69) is 18.0 Å². The third-order valence-corrected chi connectivity index (χ3v) is 10.0. The van der Waals surface area contributed by atoms with Crippen LogP contribution in [0.25, 0.3) is 0 Å². The third kappa shape index (κ3) is 2.48. The highest BCUT2D eigenvalue weighted by Crippen LogP contribution is 2.67. The van der Waals surface area contributed by atoms with Gasteiger partial charge in [-0.05, 0) is 74.0 Å². The number of hydrogen-bond acceptors (Lipinski definition) is 4. The number of aliphatic hydroxyl groups is 1. The molecule has 5 heteroatoms. The smallest absolute Gasteiger partial charge is 0.156 e. The SMILES string of the molecule is COC1C2C3=CC[C@@H]4[C@H](CC[C@]5(C)[C@@H](C(=O)Cn6ccnc6)CC[C@@H]45)[C@H]3CC[C@]12O. The van der Waals surface area contributed by atoms with Gasteiger partial charge in [-0.15, -0.1) is 0 Å². The van der Waals surface area contributed by atoms with Crippen molar-refractivity contribution in [1.82, 2.24) is 9.55 Å². The Bertz CT molecular complexity index is 879. The number of Topliss-reactive ketones (excluding diaryl/α,β-unsaturated/α-hetero) is 1. The van der Waals surface area contributed by atoms with Gasteiger partial charge in [-0.2, -0.15) is 0 Å². The van der Waals surface area contributed by atoms with Crippen LogP contribution in [0.5, 0.6) is 0 Å². The van der Waals surface area contributed by atoms with E-state index in [0.29, 0.717) is 30.1 Å². The summed E-state index contributed by atoms with van der Waals surface area (Å²) in [7, 11) is 1.74. The van der Waals surface area contributed by atoms with Crippen LogP contribution >= 0.6 is 0 Å². The minimum absolute atomic E-state index is 0.0100. The molecule has 1 heterocycles. The Labute approximate surface area is 178 Å². The second kappa shape index (κ2) is 6.52. The maximum atomic E-state index is 13.2. The predicted molar refractivity (Wildman–Crippen MR) is 112 cm³/mol. The maximum Gasteiger partial charge on any atom is 0.156 e. The van der Waals surface area contributed by atoms with Gasteiger partial charge in [0.2, 0.25) is 0 Å². The fraction of sp³-hybridized carbons (Fsp3) is 0.760. The first-order valence-electron chi connectivity index (χ1n) is 11.9. The molecule has 30 heavy (non-hydrogen) atoms. The molecule has 0 spiro atoms. The fourth-order valence-electron chi connectivity index (χ4n) is 8.64. The van der Waals surface area contributed by atoms with Gasteiger partial charge in [-0.25, -0.2) is 4.98 Å². The number of aromatic nitrogens is 2. The molecule has 1 aromatic rings. The lowest BCUT2D eigenvalue weighted by Gasteiger charge is -2.53. The monoisotopic (exact) mass is 410 g/mol. The molecular weight excluding hydrogens is 376 g/mol. The molecule has 1 aromatic heterocycles. The summed E-state index contributed by atoms with van der Waals surface area (Å²) in [5.74, 6) is 3.54. The van der Waals surface area contributed by atoms with Crippen molar-refractivity contribution in [3.8, 4) is 0 Å². The number of carbonyl (C=O) groups is 1. The number of methoxy groups -OCH3 is 1. The first kappa shape index (κ1) is 19.2. The van der Waals surface area contributed by atoms with Crippen molar-refractivity contribution in [2.24, 2.45) is 40.9 Å². The summed E-state index contributed by atoms with van der Waals surface area (Å²) in [6.45, 7) is 2.88. The molecule has 0 aromatic carbocycles. The number of rotatable bonds is 4. The Hall–Kier alpha value is -1.46. The van der Waals surface area contributed by atoms with Gasteiger partial charge in [-0.3, -0.25) is 4.79 Å². The number of carbonyl (C=O) groups excluding carboxylic acids is 1. The zero-order chi connectivity index (χ0) is 20.7. The molecule has 0 amide bonds. The highest BCUT2D eigenvalue weighted by atomic mass is 16.5. The molecule has 4 saturated carbocycles. The van der Waals surface area contributed by atoms with Gasteiger partial charge in [0.1, 0.15) is 5.60 Å². The van der Waals surface area contributed by atoms with Gasteiger partial charge < -0.3 is 14.4 Å². The van der Waals surface area contributed by atoms with Crippen LogP contribution in [0.2, 0.25) is 0 Å². The van der Waals surface area contributed by atoms with Gasteiger partial charge in [0.25, 0.3) is 0 Å². The molecule has 6 rings (SSSR count). The number of ketones is 1. The van der Waals surface area contributed by atoms with E-state index in [-0.39, 0.29) is 23.4 Å². The summed E-state index contributed by atoms with van der Waals surface area (Å²) in [4.78, 5) is 17.3. The highest BCUT2D eigenvalue weighted by Gasteiger charge is 2.70. The Morgan fingerprint density at radius 1 is 1.27 bits per heavy atom. The van der Waals surface area contributed by atoms with E-state index in [1.165, 1.54) is 24.8 Å². The normalized spacial score (nSPS) is 48.8. The number of imidazole rings is 1. The number of fused-ring (bicyclic) bond motifs is 7. The van der Waals surface area contributed by atoms with Crippen molar-refractivity contribution in [2.75, 3.05) is 7.11 Å². The van der Waals surface area contributed by atoms with Gasteiger partial charge in [0, 0.05) is 31.3 Å². The molecular formula is C25H34N2O3. The van der Waals surface area contributed by atoms with Crippen LogP contribution in [-0.2, 0) is 16.1 Å². The van der Waals surface area contributed by atoms with E-state index in [9.17, 15) is 9.90 Å². The lowest BCUT2D eigenvalue weighted by atomic mass is 9.51. The largest absolute Gasteiger partial charge is 0.386 e. The standard InChI is InChI=1S/C25H34N2O3/c1-24-9-7-15-16-8-10-25(29)22(23(25)30-2)18(16)4-3-17(15)19(24)5-6-20(24)21(28)13-27-12-11-26-14-27/h4,11-12,14-17,19-20,22-23,29H,3,5-10,13H2,1-2H3/t15-,16-,17-,19+,20-,22?,23?,24+,25-/m1/s1. The minimum atomic E-state index is -0.592. The molecule has 4 fully saturated rings. The average Bonchev–Trinajstić information content (AvgIpc) is 3.04. The zero-order valence-corrected chi connectivity index (χ0v) is 18.2. The molecule has 162 valence electrons. The van der Waals surface area contributed by atoms with E-state index in [4.69, 9.17) is 4.74 Å². The van der Waals surface area contributed by atoms with Crippen molar-refractivity contribution < 1.29 is 14.6 Å². The number of hydrogen-bond donors (Lipinski definition) is 1. The summed E-state index contributed by atoms with van der Waals surface area (Å²) < 4.78 is 7.55. The summed E-state index contributed by atoms with van der Waals surface area (Å²) in [6.07, 6.45) is 15.7. The van der Waals surface area contributed by atoms with Crippen molar-refractivity contribution >= 4 is 5.78 Å². The van der Waals surface area contributed by atoms with Crippen LogP contribution in [0, 0.1) is 40.9 Å². The van der Waals surface area contributed by atoms with E-state index in [0.717, 1.165) is 31.6 Å².